The molecule has 0 radical (unpaired) electrons. The van der Waals surface area contributed by atoms with Gasteiger partial charge in [-0.05, 0) is 47.6 Å². The fraction of sp³-hybridized carbons (Fsp3) is 0.0800. The molecule has 0 fully saturated rings. The van der Waals surface area contributed by atoms with E-state index < -0.39 is 15.8 Å². The molecule has 11 heteroatoms. The van der Waals surface area contributed by atoms with Crippen molar-refractivity contribution in [1.82, 2.24) is 0 Å². The van der Waals surface area contributed by atoms with Gasteiger partial charge in [-0.2, -0.15) is 0 Å². The van der Waals surface area contributed by atoms with Crippen molar-refractivity contribution >= 4 is 38.9 Å². The van der Waals surface area contributed by atoms with E-state index in [4.69, 9.17) is 10.5 Å². The summed E-state index contributed by atoms with van der Waals surface area (Å²) >= 11 is 0. The Hall–Kier alpha value is -4.64. The van der Waals surface area contributed by atoms with Crippen LogP contribution in [0.3, 0.4) is 0 Å². The molecule has 0 spiro atoms. The number of aromatic hydroxyl groups is 1. The third kappa shape index (κ3) is 5.88. The first kappa shape index (κ1) is 26.0. The summed E-state index contributed by atoms with van der Waals surface area (Å²) in [6, 6.07) is 16.2. The van der Waals surface area contributed by atoms with E-state index in [0.717, 1.165) is 12.3 Å². The molecule has 3 aromatic carbocycles. The number of ether oxygens (including phenoxy) is 1. The number of hydrogen-bond acceptors (Lipinski definition) is 8. The first-order valence-electron chi connectivity index (χ1n) is 10.3. The van der Waals surface area contributed by atoms with Gasteiger partial charge in [0.15, 0.2) is 15.7 Å². The van der Waals surface area contributed by atoms with Gasteiger partial charge in [0.2, 0.25) is 0 Å². The van der Waals surface area contributed by atoms with Crippen LogP contribution in [0.15, 0.2) is 93.4 Å². The Morgan fingerprint density at radius 2 is 1.67 bits per heavy atom. The van der Waals surface area contributed by atoms with Crippen LogP contribution in [-0.4, -0.2) is 44.5 Å². The van der Waals surface area contributed by atoms with E-state index in [2.05, 4.69) is 21.7 Å². The number of hydrogen-bond donors (Lipinski definition) is 2. The van der Waals surface area contributed by atoms with Crippen molar-refractivity contribution in [3.05, 3.63) is 100 Å². The molecule has 0 heterocycles. The molecule has 0 aliphatic carbocycles. The molecular weight excluding hydrogens is 484 g/mol. The zero-order valence-electron chi connectivity index (χ0n) is 19.4. The number of phenols is 1. The van der Waals surface area contributed by atoms with Gasteiger partial charge in [0.1, 0.15) is 17.3 Å². The van der Waals surface area contributed by atoms with Crippen LogP contribution in [-0.2, 0) is 14.6 Å². The number of carbonyl (C=O) groups is 1. The Balaban J connectivity index is 2.21. The summed E-state index contributed by atoms with van der Waals surface area (Å²) in [4.78, 5) is 32.1. The predicted octanol–water partition coefficient (Wildman–Crippen LogP) is 3.80. The molecule has 10 nitrogen and oxygen atoms in total. The van der Waals surface area contributed by atoms with Gasteiger partial charge >= 0.3 is 5.97 Å². The largest absolute Gasteiger partial charge is 0.507 e. The zero-order valence-corrected chi connectivity index (χ0v) is 20.2. The van der Waals surface area contributed by atoms with E-state index in [-0.39, 0.29) is 50.4 Å². The number of esters is 1. The highest BCUT2D eigenvalue weighted by atomic mass is 32.2. The first-order valence-corrected chi connectivity index (χ1v) is 12.2. The number of aliphatic imine (C=N–C) groups is 2. The highest BCUT2D eigenvalue weighted by Gasteiger charge is 2.17. The van der Waals surface area contributed by atoms with Crippen molar-refractivity contribution in [1.29, 1.82) is 0 Å². The van der Waals surface area contributed by atoms with Crippen molar-refractivity contribution in [2.24, 2.45) is 20.9 Å². The van der Waals surface area contributed by atoms with Gasteiger partial charge in [-0.25, -0.2) is 23.2 Å². The lowest BCUT2D eigenvalue weighted by atomic mass is 10.1. The lowest BCUT2D eigenvalue weighted by Crippen LogP contribution is -2.16. The number of methoxy groups -OCH3 is 1. The van der Waals surface area contributed by atoms with Gasteiger partial charge in [0.25, 0.3) is 0 Å². The molecule has 0 saturated heterocycles. The minimum absolute atomic E-state index is 0.0704. The van der Waals surface area contributed by atoms with Crippen molar-refractivity contribution in [2.75, 3.05) is 13.4 Å². The number of benzene rings is 3. The Labute approximate surface area is 207 Å². The summed E-state index contributed by atoms with van der Waals surface area (Å²) in [6.07, 6.45) is 0.996. The van der Waals surface area contributed by atoms with Crippen LogP contribution in [0.2, 0.25) is 0 Å². The first-order chi connectivity index (χ1) is 17.0. The molecule has 3 rings (SSSR count). The quantitative estimate of drug-likeness (QED) is 0.213. The van der Waals surface area contributed by atoms with Gasteiger partial charge in [0.05, 0.1) is 28.8 Å². The Morgan fingerprint density at radius 3 is 2.31 bits per heavy atom. The molecule has 184 valence electrons. The molecule has 36 heavy (non-hydrogen) atoms. The summed E-state index contributed by atoms with van der Waals surface area (Å²) in [7, 11) is -2.37. The van der Waals surface area contributed by atoms with Crippen LogP contribution in [0, 0.1) is 4.91 Å². The number of phenolic OH excluding ortho intramolecular Hbond substituents is 1. The third-order valence-electron chi connectivity index (χ3n) is 5.00. The fourth-order valence-electron chi connectivity index (χ4n) is 3.15. The van der Waals surface area contributed by atoms with Crippen LogP contribution in [0.5, 0.6) is 5.75 Å². The van der Waals surface area contributed by atoms with E-state index in [1.165, 1.54) is 37.4 Å². The average molecular weight is 507 g/mol. The molecule has 0 aromatic heterocycles. The smallest absolute Gasteiger partial charge is 0.337 e. The van der Waals surface area contributed by atoms with Gasteiger partial charge in [-0.3, -0.25) is 0 Å². The molecule has 0 bridgehead atoms. The highest BCUT2D eigenvalue weighted by molar-refractivity contribution is 7.90. The molecule has 0 amide bonds. The lowest BCUT2D eigenvalue weighted by Gasteiger charge is -2.10. The second-order valence-corrected chi connectivity index (χ2v) is 9.53. The van der Waals surface area contributed by atoms with Gasteiger partial charge in [-0.1, -0.05) is 30.8 Å². The minimum Gasteiger partial charge on any atom is -0.507 e. The number of nitrogens with zero attached hydrogens (tertiary/aromatic N) is 3. The average Bonchev–Trinajstić information content (AvgIpc) is 2.87. The third-order valence-corrected chi connectivity index (χ3v) is 6.11. The molecule has 0 atom stereocenters. The van der Waals surface area contributed by atoms with Crippen molar-refractivity contribution in [3.8, 4) is 5.75 Å². The number of amidine groups is 2. The summed E-state index contributed by atoms with van der Waals surface area (Å²) in [5.41, 5.74) is 7.02. The number of rotatable bonds is 7. The van der Waals surface area contributed by atoms with Crippen molar-refractivity contribution in [2.45, 2.75) is 4.90 Å². The molecule has 0 aliphatic rings. The molecule has 3 aromatic rings. The monoisotopic (exact) mass is 506 g/mol. The standard InChI is InChI=1S/C25H22N4O6S/c1-15(16-7-6-8-17(13-16)25(31)35-2)27-24(28-23(26)20-9-4-5-10-22(20)30)19-12-11-18(36(3,33)34)14-21(19)29-32/h4-14,30H,1H2,2-3H3,(H2,26,27,28). The molecule has 0 saturated carbocycles. The fourth-order valence-corrected chi connectivity index (χ4v) is 3.79. The number of sulfone groups is 1. The van der Waals surface area contributed by atoms with Crippen molar-refractivity contribution in [3.63, 3.8) is 0 Å². The zero-order chi connectivity index (χ0) is 26.5. The normalized spacial score (nSPS) is 12.2. The van der Waals surface area contributed by atoms with E-state index in [1.54, 1.807) is 30.3 Å². The maximum atomic E-state index is 12.0. The number of carbonyl (C=O) groups excluding carboxylic acids is 1. The number of para-hydroxylation sites is 1. The van der Waals surface area contributed by atoms with Gasteiger partial charge < -0.3 is 15.6 Å². The van der Waals surface area contributed by atoms with Crippen LogP contribution < -0.4 is 5.73 Å². The second kappa shape index (κ2) is 10.7. The van der Waals surface area contributed by atoms with Crippen molar-refractivity contribution < 1.29 is 23.1 Å². The number of nitrogens with two attached hydrogens (primary N) is 1. The maximum absolute atomic E-state index is 12.0. The summed E-state index contributed by atoms with van der Waals surface area (Å²) in [5, 5.41) is 13.1. The van der Waals surface area contributed by atoms with E-state index in [9.17, 15) is 23.2 Å². The Morgan fingerprint density at radius 1 is 0.972 bits per heavy atom. The summed E-state index contributed by atoms with van der Waals surface area (Å²) in [6.45, 7) is 3.92. The molecule has 0 unspecified atom stereocenters. The van der Waals surface area contributed by atoms with E-state index >= 15 is 0 Å². The number of nitroso groups, excluding NO2 is 1. The molecular formula is C25H22N4O6S. The van der Waals surface area contributed by atoms with E-state index in [0.29, 0.717) is 5.56 Å². The topological polar surface area (TPSA) is 161 Å². The van der Waals surface area contributed by atoms with Gasteiger partial charge in [-0.15, -0.1) is 4.91 Å². The van der Waals surface area contributed by atoms with Gasteiger partial charge in [0, 0.05) is 17.4 Å². The molecule has 0 aliphatic heterocycles. The maximum Gasteiger partial charge on any atom is 0.337 e. The van der Waals surface area contributed by atoms with Crippen LogP contribution in [0.25, 0.3) is 5.70 Å². The molecule has 3 N–H and O–H groups in total. The van der Waals surface area contributed by atoms with Crippen LogP contribution in [0.1, 0.15) is 27.0 Å². The Kier molecular flexibility index (Phi) is 7.75. The Bertz CT molecular complexity index is 1530. The summed E-state index contributed by atoms with van der Waals surface area (Å²) < 4.78 is 28.7. The van der Waals surface area contributed by atoms with Crippen LogP contribution in [0.4, 0.5) is 5.69 Å². The summed E-state index contributed by atoms with van der Waals surface area (Å²) in [5.74, 6) is -0.950. The highest BCUT2D eigenvalue weighted by Crippen LogP contribution is 2.27. The lowest BCUT2D eigenvalue weighted by molar-refractivity contribution is 0.0600. The van der Waals surface area contributed by atoms with Crippen LogP contribution >= 0.6 is 0 Å². The van der Waals surface area contributed by atoms with E-state index in [1.807, 2.05) is 0 Å². The second-order valence-electron chi connectivity index (χ2n) is 7.51. The minimum atomic E-state index is -3.62. The SMILES string of the molecule is C=C(N=C(N=C(N)c1ccccc1O)c1ccc(S(C)(=O)=O)cc1N=O)c1cccc(C(=O)OC)c1. The predicted molar refractivity (Wildman–Crippen MR) is 137 cm³/mol.